The third-order valence-corrected chi connectivity index (χ3v) is 6.04. The Morgan fingerprint density at radius 2 is 2.11 bits per heavy atom. The van der Waals surface area contributed by atoms with Crippen molar-refractivity contribution in [3.05, 3.63) is 23.0 Å². The molecular weight excluding hydrogens is 400 g/mol. The van der Waals surface area contributed by atoms with Crippen LogP contribution in [0.15, 0.2) is 12.3 Å². The molecule has 0 unspecified atom stereocenters. The average Bonchev–Trinajstić information content (AvgIpc) is 2.85. The topological polar surface area (TPSA) is 89.7 Å². The molecule has 2 heterocycles. The smallest absolute Gasteiger partial charge is 0.258 e. The molecule has 9 heteroatoms. The Kier molecular flexibility index (Phi) is 6.20. The Morgan fingerprint density at radius 3 is 2.68 bits per heavy atom. The van der Waals surface area contributed by atoms with E-state index in [0.717, 1.165) is 25.7 Å². The van der Waals surface area contributed by atoms with E-state index in [0.29, 0.717) is 17.4 Å². The first-order valence-electron chi connectivity index (χ1n) is 9.27. The van der Waals surface area contributed by atoms with Crippen molar-refractivity contribution < 1.29 is 14.6 Å². The van der Waals surface area contributed by atoms with Crippen molar-refractivity contribution in [2.75, 3.05) is 18.1 Å². The van der Waals surface area contributed by atoms with Crippen LogP contribution >= 0.6 is 23.8 Å². The molecule has 7 nitrogen and oxygen atoms in total. The van der Waals surface area contributed by atoms with Crippen LogP contribution in [-0.2, 0) is 9.53 Å². The van der Waals surface area contributed by atoms with Crippen LogP contribution in [0.4, 0.5) is 5.69 Å². The van der Waals surface area contributed by atoms with Gasteiger partial charge in [0.25, 0.3) is 5.91 Å². The van der Waals surface area contributed by atoms with Gasteiger partial charge in [0.05, 0.1) is 36.2 Å². The number of halogens is 1. The highest BCUT2D eigenvalue weighted by molar-refractivity contribution is 7.80. The summed E-state index contributed by atoms with van der Waals surface area (Å²) in [5.74, 6) is -0.140. The van der Waals surface area contributed by atoms with E-state index in [1.165, 1.54) is 11.1 Å². The number of hydrogen-bond acceptors (Lipinski definition) is 6. The number of aliphatic hydroxyl groups excluding tert-OH is 1. The molecule has 0 atom stereocenters. The number of rotatable bonds is 5. The van der Waals surface area contributed by atoms with Crippen LogP contribution in [0.2, 0.25) is 5.02 Å². The number of hydrogen-bond donors (Lipinski definition) is 1. The summed E-state index contributed by atoms with van der Waals surface area (Å²) in [6.45, 7) is 4.11. The molecule has 1 aliphatic heterocycles. The van der Waals surface area contributed by atoms with Crippen LogP contribution in [0.5, 0.6) is 0 Å². The molecular formula is C19H23ClN4O3S. The predicted molar refractivity (Wildman–Crippen MR) is 109 cm³/mol. The van der Waals surface area contributed by atoms with Crippen LogP contribution in [0.1, 0.15) is 45.2 Å². The van der Waals surface area contributed by atoms with Crippen molar-refractivity contribution >= 4 is 40.5 Å². The lowest BCUT2D eigenvalue weighted by molar-refractivity contribution is -0.124. The monoisotopic (exact) mass is 422 g/mol. The quantitative estimate of drug-likeness (QED) is 0.729. The van der Waals surface area contributed by atoms with E-state index in [-0.39, 0.29) is 35.4 Å². The van der Waals surface area contributed by atoms with E-state index in [1.54, 1.807) is 6.07 Å². The fraction of sp³-hybridized carbons (Fsp3) is 0.579. The summed E-state index contributed by atoms with van der Waals surface area (Å²) in [5.41, 5.74) is -0.212. The van der Waals surface area contributed by atoms with Crippen LogP contribution in [0, 0.1) is 11.3 Å². The van der Waals surface area contributed by atoms with E-state index >= 15 is 0 Å². The number of aromatic nitrogens is 1. The van der Waals surface area contributed by atoms with Crippen molar-refractivity contribution in [1.29, 1.82) is 5.26 Å². The van der Waals surface area contributed by atoms with Crippen molar-refractivity contribution in [3.8, 4) is 6.07 Å². The van der Waals surface area contributed by atoms with E-state index in [1.807, 2.05) is 24.8 Å². The van der Waals surface area contributed by atoms with Crippen molar-refractivity contribution in [3.63, 3.8) is 0 Å². The maximum atomic E-state index is 13.2. The number of amides is 1. The maximum absolute atomic E-state index is 13.2. The molecule has 0 aromatic carbocycles. The first-order valence-corrected chi connectivity index (χ1v) is 10.1. The van der Waals surface area contributed by atoms with Crippen LogP contribution in [0.25, 0.3) is 0 Å². The lowest BCUT2D eigenvalue weighted by atomic mass is 9.89. The molecule has 1 amide bonds. The molecule has 0 bridgehead atoms. The van der Waals surface area contributed by atoms with E-state index < -0.39 is 5.54 Å². The van der Waals surface area contributed by atoms with Crippen molar-refractivity contribution in [2.24, 2.45) is 0 Å². The number of nitrogens with zero attached hydrogens (tertiary/aromatic N) is 4. The molecule has 3 rings (SSSR count). The van der Waals surface area contributed by atoms with Crippen molar-refractivity contribution in [1.82, 2.24) is 9.88 Å². The van der Waals surface area contributed by atoms with Crippen molar-refractivity contribution in [2.45, 2.75) is 57.2 Å². The minimum Gasteiger partial charge on any atom is -0.394 e. The normalized spacial score (nSPS) is 24.5. The van der Waals surface area contributed by atoms with Gasteiger partial charge >= 0.3 is 0 Å². The SMILES string of the molecule is CC1(C)C(=O)N(c2cnc(C#N)c(Cl)c2)C(=S)N1[C@H]1CC[C@H](OCCO)CC1. The molecule has 2 fully saturated rings. The lowest BCUT2D eigenvalue weighted by Crippen LogP contribution is -2.51. The first-order chi connectivity index (χ1) is 13.3. The van der Waals surface area contributed by atoms with Gasteiger partial charge < -0.3 is 14.7 Å². The van der Waals surface area contributed by atoms with Crippen LogP contribution in [-0.4, -0.2) is 56.9 Å². The van der Waals surface area contributed by atoms with Crippen LogP contribution < -0.4 is 4.90 Å². The summed E-state index contributed by atoms with van der Waals surface area (Å²) in [5, 5.41) is 18.5. The van der Waals surface area contributed by atoms with E-state index in [4.69, 9.17) is 38.9 Å². The second-order valence-electron chi connectivity index (χ2n) is 7.51. The summed E-state index contributed by atoms with van der Waals surface area (Å²) in [4.78, 5) is 20.7. The van der Waals surface area contributed by atoms with E-state index in [9.17, 15) is 4.79 Å². The zero-order valence-corrected chi connectivity index (χ0v) is 17.5. The summed E-state index contributed by atoms with van der Waals surface area (Å²) >= 11 is 11.8. The molecule has 28 heavy (non-hydrogen) atoms. The summed E-state index contributed by atoms with van der Waals surface area (Å²) in [6.07, 6.45) is 5.01. The number of carbonyl (C=O) groups excluding carboxylic acids is 1. The van der Waals surface area contributed by atoms with Gasteiger partial charge in [0, 0.05) is 6.04 Å². The average molecular weight is 423 g/mol. The molecule has 1 aliphatic carbocycles. The Balaban J connectivity index is 1.81. The molecule has 1 saturated carbocycles. The van der Waals surface area contributed by atoms with Gasteiger partial charge in [-0.2, -0.15) is 5.26 Å². The minimum absolute atomic E-state index is 0.0216. The summed E-state index contributed by atoms with van der Waals surface area (Å²) < 4.78 is 5.64. The summed E-state index contributed by atoms with van der Waals surface area (Å²) in [6, 6.07) is 3.60. The van der Waals surface area contributed by atoms with Crippen LogP contribution in [0.3, 0.4) is 0 Å². The highest BCUT2D eigenvalue weighted by Gasteiger charge is 2.52. The number of pyridine rings is 1. The van der Waals surface area contributed by atoms with Gasteiger partial charge in [-0.3, -0.25) is 9.69 Å². The Labute approximate surface area is 174 Å². The second kappa shape index (κ2) is 8.29. The molecule has 1 N–H and O–H groups in total. The molecule has 2 aliphatic rings. The minimum atomic E-state index is -0.791. The Hall–Kier alpha value is -1.79. The number of ether oxygens (including phenoxy) is 1. The zero-order valence-electron chi connectivity index (χ0n) is 15.9. The first kappa shape index (κ1) is 20.9. The van der Waals surface area contributed by atoms with Gasteiger partial charge in [-0.05, 0) is 57.8 Å². The number of anilines is 1. The Morgan fingerprint density at radius 1 is 1.43 bits per heavy atom. The molecule has 1 saturated heterocycles. The predicted octanol–water partition coefficient (Wildman–Crippen LogP) is 2.64. The highest BCUT2D eigenvalue weighted by atomic mass is 35.5. The Bertz CT molecular complexity index is 818. The number of nitriles is 1. The largest absolute Gasteiger partial charge is 0.394 e. The maximum Gasteiger partial charge on any atom is 0.258 e. The van der Waals surface area contributed by atoms with Gasteiger partial charge in [0.1, 0.15) is 11.6 Å². The summed E-state index contributed by atoms with van der Waals surface area (Å²) in [7, 11) is 0. The third-order valence-electron chi connectivity index (χ3n) is 5.37. The zero-order chi connectivity index (χ0) is 20.5. The fourth-order valence-electron chi connectivity index (χ4n) is 3.97. The molecule has 0 radical (unpaired) electrons. The molecule has 1 aromatic rings. The third kappa shape index (κ3) is 3.72. The molecule has 1 aromatic heterocycles. The van der Waals surface area contributed by atoms with Gasteiger partial charge in [-0.15, -0.1) is 0 Å². The van der Waals surface area contributed by atoms with Gasteiger partial charge in [0.2, 0.25) is 0 Å². The molecule has 0 spiro atoms. The van der Waals surface area contributed by atoms with E-state index in [2.05, 4.69) is 4.98 Å². The fourth-order valence-corrected chi connectivity index (χ4v) is 4.74. The lowest BCUT2D eigenvalue weighted by Gasteiger charge is -2.40. The second-order valence-corrected chi connectivity index (χ2v) is 8.29. The van der Waals surface area contributed by atoms with Gasteiger partial charge in [0.15, 0.2) is 10.8 Å². The number of aliphatic hydroxyl groups is 1. The highest BCUT2D eigenvalue weighted by Crippen LogP contribution is 2.38. The number of thiocarbonyl (C=S) groups is 1. The number of carbonyl (C=O) groups is 1. The molecule has 150 valence electrons. The van der Waals surface area contributed by atoms with Gasteiger partial charge in [-0.25, -0.2) is 4.98 Å². The standard InChI is InChI=1S/C19H23ClN4O3S/c1-19(2)17(26)23(13-9-15(20)16(10-21)22-11-13)18(28)24(19)12-3-5-14(6-4-12)27-8-7-25/h9,11-12,14,25H,3-8H2,1-2H3/t12-,14-. The van der Waals surface area contributed by atoms with Gasteiger partial charge in [-0.1, -0.05) is 11.6 Å².